The first-order valence-electron chi connectivity index (χ1n) is 4.84. The molecule has 6 heteroatoms. The SMILES string of the molecule is C[CH2][Sn][CH2]CC(C)N.O=CC=S.O=CC=S. The van der Waals surface area contributed by atoms with E-state index in [2.05, 4.69) is 38.3 Å². The predicted molar refractivity (Wildman–Crippen MR) is 78.7 cm³/mol. The van der Waals surface area contributed by atoms with Gasteiger partial charge in [-0.25, -0.2) is 0 Å². The van der Waals surface area contributed by atoms with Crippen molar-refractivity contribution in [2.45, 2.75) is 35.2 Å². The third kappa shape index (κ3) is 47.5. The first-order valence-corrected chi connectivity index (χ1v) is 9.82. The number of hydrogen-bond acceptors (Lipinski definition) is 5. The average molecular weight is 368 g/mol. The van der Waals surface area contributed by atoms with Gasteiger partial charge in [0.05, 0.1) is 0 Å². The van der Waals surface area contributed by atoms with Crippen LogP contribution in [0.15, 0.2) is 0 Å². The molecule has 0 bridgehead atoms. The van der Waals surface area contributed by atoms with Crippen LogP contribution in [-0.4, -0.2) is 50.5 Å². The zero-order valence-corrected chi connectivity index (χ0v) is 14.2. The number of carbonyl (C=O) groups excluding carboxylic acids is 2. The topological polar surface area (TPSA) is 60.2 Å². The van der Waals surface area contributed by atoms with E-state index < -0.39 is 0 Å². The Bertz CT molecular complexity index is 154. The molecule has 2 radical (unpaired) electrons. The molecule has 0 aromatic heterocycles. The second kappa shape index (κ2) is 24.5. The maximum absolute atomic E-state index is 9.01. The summed E-state index contributed by atoms with van der Waals surface area (Å²) in [7, 11) is 0. The molecular formula is C10H19NO2S2Sn. The fraction of sp³-hybridized carbons (Fsp3) is 0.600. The molecule has 0 spiro atoms. The quantitative estimate of drug-likeness (QED) is 0.335. The monoisotopic (exact) mass is 369 g/mol. The third-order valence-electron chi connectivity index (χ3n) is 1.14. The van der Waals surface area contributed by atoms with Gasteiger partial charge >= 0.3 is 62.1 Å². The molecule has 16 heavy (non-hydrogen) atoms. The molecule has 0 fully saturated rings. The van der Waals surface area contributed by atoms with Crippen molar-refractivity contribution in [2.75, 3.05) is 0 Å². The van der Waals surface area contributed by atoms with Crippen molar-refractivity contribution in [1.82, 2.24) is 0 Å². The predicted octanol–water partition coefficient (Wildman–Crippen LogP) is 1.65. The molecule has 0 aliphatic heterocycles. The molecule has 1 atom stereocenters. The minimum atomic E-state index is 0.0669. The van der Waals surface area contributed by atoms with E-state index in [1.807, 2.05) is 0 Å². The Morgan fingerprint density at radius 2 is 1.62 bits per heavy atom. The van der Waals surface area contributed by atoms with Crippen LogP contribution < -0.4 is 5.73 Å². The van der Waals surface area contributed by atoms with Gasteiger partial charge in [-0.15, -0.1) is 0 Å². The van der Waals surface area contributed by atoms with Crippen LogP contribution in [-0.2, 0) is 9.59 Å². The van der Waals surface area contributed by atoms with Crippen LogP contribution in [0.5, 0.6) is 0 Å². The summed E-state index contributed by atoms with van der Waals surface area (Å²) in [5.41, 5.74) is 5.56. The summed E-state index contributed by atoms with van der Waals surface area (Å²) in [5, 5.41) is 2.06. The molecule has 92 valence electrons. The number of aldehydes is 2. The van der Waals surface area contributed by atoms with Crippen LogP contribution in [0.2, 0.25) is 8.87 Å². The maximum Gasteiger partial charge on any atom is 0.153 e. The van der Waals surface area contributed by atoms with Gasteiger partial charge in [0, 0.05) is 10.7 Å². The van der Waals surface area contributed by atoms with E-state index in [1.165, 1.54) is 15.3 Å². The van der Waals surface area contributed by atoms with Crippen molar-refractivity contribution >= 4 is 68.9 Å². The molecule has 0 heterocycles. The minimum Gasteiger partial charge on any atom is -0.298 e. The summed E-state index contributed by atoms with van der Waals surface area (Å²) in [6, 6.07) is 0.447. The Morgan fingerprint density at radius 3 is 1.81 bits per heavy atom. The fourth-order valence-electron chi connectivity index (χ4n) is 0.507. The van der Waals surface area contributed by atoms with E-state index in [4.69, 9.17) is 15.3 Å². The van der Waals surface area contributed by atoms with E-state index in [9.17, 15) is 0 Å². The van der Waals surface area contributed by atoms with Gasteiger partial charge < -0.3 is 0 Å². The number of hydrogen-bond donors (Lipinski definition) is 1. The van der Waals surface area contributed by atoms with Crippen LogP contribution in [0.1, 0.15) is 20.3 Å². The van der Waals surface area contributed by atoms with Crippen LogP contribution in [0.3, 0.4) is 0 Å². The standard InChI is InChI=1S/C4H10N.2C2H2OS.C2H5.Sn/c1-3-4(2)5;2*3-1-2-4;1-2;/h4H,1,3,5H2,2H3;2*1-2H;1H2,2H3;. The van der Waals surface area contributed by atoms with Gasteiger partial charge in [-0.2, -0.15) is 0 Å². The zero-order chi connectivity index (χ0) is 13.2. The molecule has 2 N–H and O–H groups in total. The summed E-state index contributed by atoms with van der Waals surface area (Å²) in [4.78, 5) is 18.0. The van der Waals surface area contributed by atoms with Gasteiger partial charge in [-0.1, -0.05) is 24.4 Å². The van der Waals surface area contributed by atoms with E-state index in [0.29, 0.717) is 18.6 Å². The molecule has 0 saturated heterocycles. The summed E-state index contributed by atoms with van der Waals surface area (Å²) >= 11 is 8.19. The summed E-state index contributed by atoms with van der Waals surface area (Å²) in [6.45, 7) is 4.38. The van der Waals surface area contributed by atoms with Gasteiger partial charge in [-0.05, 0) is 0 Å². The van der Waals surface area contributed by atoms with Gasteiger partial charge in [0.1, 0.15) is 0 Å². The second-order valence-electron chi connectivity index (χ2n) is 2.66. The van der Waals surface area contributed by atoms with E-state index >= 15 is 0 Å². The van der Waals surface area contributed by atoms with Gasteiger partial charge in [0.2, 0.25) is 0 Å². The van der Waals surface area contributed by atoms with Crippen molar-refractivity contribution < 1.29 is 9.59 Å². The second-order valence-corrected chi connectivity index (χ2v) is 8.08. The molecular weight excluding hydrogens is 349 g/mol. The molecule has 0 aromatic carbocycles. The van der Waals surface area contributed by atoms with Crippen molar-refractivity contribution in [1.29, 1.82) is 0 Å². The first-order chi connectivity index (χ1) is 7.60. The van der Waals surface area contributed by atoms with Crippen LogP contribution in [0, 0.1) is 0 Å². The van der Waals surface area contributed by atoms with Crippen molar-refractivity contribution in [3.63, 3.8) is 0 Å². The van der Waals surface area contributed by atoms with Gasteiger partial charge in [-0.3, -0.25) is 9.59 Å². The van der Waals surface area contributed by atoms with E-state index in [-0.39, 0.29) is 21.1 Å². The average Bonchev–Trinajstić information content (AvgIpc) is 2.30. The molecule has 0 amide bonds. The Balaban J connectivity index is -0.000000179. The van der Waals surface area contributed by atoms with Gasteiger partial charge in [0.25, 0.3) is 0 Å². The van der Waals surface area contributed by atoms with Crippen LogP contribution in [0.25, 0.3) is 0 Å². The Kier molecular flexibility index (Phi) is 33.0. The van der Waals surface area contributed by atoms with Crippen molar-refractivity contribution in [2.24, 2.45) is 5.73 Å². The fourth-order valence-corrected chi connectivity index (χ4v) is 3.40. The largest absolute Gasteiger partial charge is 0.298 e. The molecule has 0 aromatic rings. The molecule has 0 rings (SSSR count). The third-order valence-corrected chi connectivity index (χ3v) is 4.62. The summed E-state index contributed by atoms with van der Waals surface area (Å²) in [5.74, 6) is 0. The van der Waals surface area contributed by atoms with Crippen LogP contribution >= 0.6 is 24.4 Å². The molecule has 0 aliphatic carbocycles. The maximum atomic E-state index is 9.01. The normalized spacial score (nSPS) is 9.44. The summed E-state index contributed by atoms with van der Waals surface area (Å²) < 4.78 is 2.94. The Labute approximate surface area is 119 Å². The Hall–Kier alpha value is 0.279. The Morgan fingerprint density at radius 1 is 1.25 bits per heavy atom. The molecule has 3 nitrogen and oxygen atoms in total. The molecule has 0 saturated carbocycles. The first kappa shape index (κ1) is 21.6. The van der Waals surface area contributed by atoms with Crippen molar-refractivity contribution in [3.05, 3.63) is 0 Å². The number of nitrogens with two attached hydrogens (primary N) is 1. The smallest absolute Gasteiger partial charge is 0.153 e. The van der Waals surface area contributed by atoms with E-state index in [0.717, 1.165) is 10.7 Å². The number of rotatable bonds is 6. The number of thiocarbonyl (C=S) groups is 2. The minimum absolute atomic E-state index is 0.0669. The summed E-state index contributed by atoms with van der Waals surface area (Å²) in [6.07, 6.45) is 2.39. The van der Waals surface area contributed by atoms with Crippen molar-refractivity contribution in [3.8, 4) is 0 Å². The van der Waals surface area contributed by atoms with Gasteiger partial charge in [0.15, 0.2) is 12.6 Å². The number of carbonyl (C=O) groups is 2. The van der Waals surface area contributed by atoms with Crippen LogP contribution in [0.4, 0.5) is 0 Å². The zero-order valence-electron chi connectivity index (χ0n) is 9.72. The molecule has 0 aliphatic rings. The molecule has 1 unspecified atom stereocenters. The van der Waals surface area contributed by atoms with E-state index in [1.54, 1.807) is 0 Å².